The Kier molecular flexibility index (Phi) is 10.7. The van der Waals surface area contributed by atoms with E-state index in [4.69, 9.17) is 23.2 Å². The Bertz CT molecular complexity index is 769. The monoisotopic (exact) mass is 451 g/mol. The quantitative estimate of drug-likeness (QED) is 0.570. The molecule has 1 atom stereocenters. The van der Waals surface area contributed by atoms with Gasteiger partial charge in [-0.25, -0.2) is 0 Å². The van der Waals surface area contributed by atoms with Crippen LogP contribution in [0.1, 0.15) is 44.1 Å². The summed E-state index contributed by atoms with van der Waals surface area (Å²) in [4.78, 5) is 9.70. The van der Waals surface area contributed by atoms with Gasteiger partial charge < -0.3 is 15.6 Å². The molecule has 0 radical (unpaired) electrons. The van der Waals surface area contributed by atoms with Gasteiger partial charge >= 0.3 is 0 Å². The van der Waals surface area contributed by atoms with E-state index in [0.29, 0.717) is 16.0 Å². The molecule has 2 aromatic carbocycles. The normalized spacial score (nSPS) is 15.2. The lowest BCUT2D eigenvalue weighted by atomic mass is 9.83. The van der Waals surface area contributed by atoms with Crippen LogP contribution >= 0.6 is 23.2 Å². The summed E-state index contributed by atoms with van der Waals surface area (Å²) in [7, 11) is 1.42. The molecule has 3 rings (SSSR count). The van der Waals surface area contributed by atoms with E-state index >= 15 is 0 Å². The summed E-state index contributed by atoms with van der Waals surface area (Å²) in [6, 6.07) is 14.1. The van der Waals surface area contributed by atoms with Crippen molar-refractivity contribution in [3.8, 4) is 11.1 Å². The summed E-state index contributed by atoms with van der Waals surface area (Å²) in [6.07, 6.45) is 7.89. The number of ether oxygens (including phenoxy) is 1. The van der Waals surface area contributed by atoms with Crippen molar-refractivity contribution in [2.45, 2.75) is 51.0 Å². The van der Waals surface area contributed by atoms with Gasteiger partial charge in [-0.3, -0.25) is 4.79 Å². The third kappa shape index (κ3) is 8.65. The van der Waals surface area contributed by atoms with Crippen LogP contribution in [0.5, 0.6) is 0 Å². The minimum Gasteiger partial charge on any atom is -0.393 e. The number of aliphatic hydroxyl groups is 1. The zero-order valence-corrected chi connectivity index (χ0v) is 19.0. The van der Waals surface area contributed by atoms with Gasteiger partial charge in [0.2, 0.25) is 5.91 Å². The first-order valence-electron chi connectivity index (χ1n) is 10.4. The highest BCUT2D eigenvalue weighted by Gasteiger charge is 2.21. The molecular weight excluding hydrogens is 421 g/mol. The van der Waals surface area contributed by atoms with E-state index in [-0.39, 0.29) is 12.7 Å². The number of carbonyl (C=O) groups excluding carboxylic acids is 1. The fourth-order valence-corrected chi connectivity index (χ4v) is 4.32. The molecule has 1 aliphatic carbocycles. The molecule has 3 N–H and O–H groups in total. The number of benzene rings is 2. The van der Waals surface area contributed by atoms with Gasteiger partial charge in [-0.15, -0.1) is 0 Å². The lowest BCUT2D eigenvalue weighted by Gasteiger charge is -2.26. The Labute approximate surface area is 189 Å². The highest BCUT2D eigenvalue weighted by molar-refractivity contribution is 6.35. The molecule has 0 saturated heterocycles. The van der Waals surface area contributed by atoms with Gasteiger partial charge in [0.15, 0.2) is 0 Å². The number of nitrogens with two attached hydrogens (primary N) is 1. The second kappa shape index (κ2) is 13.0. The van der Waals surface area contributed by atoms with Gasteiger partial charge in [-0.2, -0.15) is 0 Å². The highest BCUT2D eigenvalue weighted by atomic mass is 35.5. The smallest absolute Gasteiger partial charge is 0.243 e. The molecule has 0 aliphatic heterocycles. The Morgan fingerprint density at radius 1 is 1.07 bits per heavy atom. The summed E-state index contributed by atoms with van der Waals surface area (Å²) in [6.45, 7) is 0.0139. The van der Waals surface area contributed by atoms with Crippen LogP contribution < -0.4 is 5.73 Å². The lowest BCUT2D eigenvalue weighted by Crippen LogP contribution is -2.23. The average molecular weight is 452 g/mol. The predicted molar refractivity (Wildman–Crippen MR) is 124 cm³/mol. The molecule has 164 valence electrons. The third-order valence-corrected chi connectivity index (χ3v) is 5.80. The van der Waals surface area contributed by atoms with E-state index in [0.717, 1.165) is 24.0 Å². The van der Waals surface area contributed by atoms with E-state index in [1.54, 1.807) is 6.07 Å². The van der Waals surface area contributed by atoms with Gasteiger partial charge in [-0.1, -0.05) is 66.7 Å². The number of hydrogen-bond donors (Lipinski definition) is 2. The van der Waals surface area contributed by atoms with Crippen molar-refractivity contribution in [3.63, 3.8) is 0 Å². The van der Waals surface area contributed by atoms with Crippen LogP contribution in [0.25, 0.3) is 11.1 Å². The van der Waals surface area contributed by atoms with Crippen molar-refractivity contribution in [1.29, 1.82) is 0 Å². The summed E-state index contributed by atoms with van der Waals surface area (Å²) in [5.41, 5.74) is 8.04. The Morgan fingerprint density at radius 3 is 2.17 bits per heavy atom. The highest BCUT2D eigenvalue weighted by Crippen LogP contribution is 2.29. The van der Waals surface area contributed by atoms with Gasteiger partial charge in [0.05, 0.1) is 6.10 Å². The molecule has 0 spiro atoms. The number of methoxy groups -OCH3 is 1. The number of aryl methyl sites for hydroxylation is 1. The first-order chi connectivity index (χ1) is 14.4. The van der Waals surface area contributed by atoms with Crippen molar-refractivity contribution >= 4 is 29.1 Å². The van der Waals surface area contributed by atoms with Crippen LogP contribution in [0.3, 0.4) is 0 Å². The van der Waals surface area contributed by atoms with Crippen molar-refractivity contribution < 1.29 is 14.6 Å². The molecule has 1 saturated carbocycles. The zero-order chi connectivity index (χ0) is 21.9. The number of halogens is 2. The molecule has 6 heteroatoms. The SMILES string of the molecule is COCC(N)=O.O[C@@H](CCc1ccc(-c2cc(Cl)cc(Cl)c2)cc1)C1CCCCC1. The molecule has 2 aromatic rings. The Morgan fingerprint density at radius 2 is 1.67 bits per heavy atom. The van der Waals surface area contributed by atoms with Crippen molar-refractivity contribution in [3.05, 3.63) is 58.1 Å². The van der Waals surface area contributed by atoms with Crippen LogP contribution in [0.4, 0.5) is 0 Å². The number of primary amides is 1. The third-order valence-electron chi connectivity index (χ3n) is 5.36. The van der Waals surface area contributed by atoms with Crippen LogP contribution in [-0.2, 0) is 16.0 Å². The van der Waals surface area contributed by atoms with E-state index in [1.807, 2.05) is 12.1 Å². The topological polar surface area (TPSA) is 72.5 Å². The van der Waals surface area contributed by atoms with Gasteiger partial charge in [0.1, 0.15) is 6.61 Å². The zero-order valence-electron chi connectivity index (χ0n) is 17.4. The first-order valence-corrected chi connectivity index (χ1v) is 11.2. The maximum absolute atomic E-state index is 10.4. The molecule has 0 aromatic heterocycles. The minimum absolute atomic E-state index is 0.0139. The molecule has 4 nitrogen and oxygen atoms in total. The van der Waals surface area contributed by atoms with Crippen LogP contribution in [-0.4, -0.2) is 30.8 Å². The van der Waals surface area contributed by atoms with E-state index in [9.17, 15) is 9.90 Å². The van der Waals surface area contributed by atoms with E-state index < -0.39 is 5.91 Å². The second-order valence-electron chi connectivity index (χ2n) is 7.76. The van der Waals surface area contributed by atoms with Gasteiger partial charge in [-0.05, 0) is 66.5 Å². The number of rotatable bonds is 7. The van der Waals surface area contributed by atoms with E-state index in [2.05, 4.69) is 34.7 Å². The van der Waals surface area contributed by atoms with Crippen LogP contribution in [0.15, 0.2) is 42.5 Å². The average Bonchev–Trinajstić information content (AvgIpc) is 2.73. The van der Waals surface area contributed by atoms with E-state index in [1.165, 1.54) is 44.8 Å². The molecule has 1 amide bonds. The van der Waals surface area contributed by atoms with Gasteiger partial charge in [0, 0.05) is 17.2 Å². The first kappa shape index (κ1) is 24.7. The van der Waals surface area contributed by atoms with Crippen molar-refractivity contribution in [2.24, 2.45) is 11.7 Å². The Balaban J connectivity index is 0.000000469. The van der Waals surface area contributed by atoms with Crippen LogP contribution in [0, 0.1) is 5.92 Å². The molecule has 0 bridgehead atoms. The summed E-state index contributed by atoms with van der Waals surface area (Å²) in [5.74, 6) is 0.0733. The molecule has 0 heterocycles. The number of hydrogen-bond acceptors (Lipinski definition) is 3. The number of carbonyl (C=O) groups is 1. The summed E-state index contributed by atoms with van der Waals surface area (Å²) in [5, 5.41) is 11.7. The lowest BCUT2D eigenvalue weighted by molar-refractivity contribution is -0.121. The fraction of sp³-hybridized carbons (Fsp3) is 0.458. The molecule has 0 unspecified atom stereocenters. The standard InChI is InChI=1S/C21H24Cl2O.C3H7NO2/c22-19-12-18(13-20(23)14-19)16-9-6-15(7-10-16)8-11-21(24)17-4-2-1-3-5-17;1-6-2-3(4)5/h6-7,9-10,12-14,17,21,24H,1-5,8,11H2;2H2,1H3,(H2,4,5)/t21-;/m0./s1. The largest absolute Gasteiger partial charge is 0.393 e. The summed E-state index contributed by atoms with van der Waals surface area (Å²) < 4.78 is 4.33. The molecule has 30 heavy (non-hydrogen) atoms. The molecule has 1 fully saturated rings. The molecule has 1 aliphatic rings. The second-order valence-corrected chi connectivity index (χ2v) is 8.63. The number of aliphatic hydroxyl groups excluding tert-OH is 1. The van der Waals surface area contributed by atoms with Gasteiger partial charge in [0.25, 0.3) is 0 Å². The van der Waals surface area contributed by atoms with Crippen LogP contribution in [0.2, 0.25) is 10.0 Å². The maximum atomic E-state index is 10.4. The van der Waals surface area contributed by atoms with Crippen molar-refractivity contribution in [2.75, 3.05) is 13.7 Å². The fourth-order valence-electron chi connectivity index (χ4n) is 3.80. The maximum Gasteiger partial charge on any atom is 0.243 e. The predicted octanol–water partition coefficient (Wildman–Crippen LogP) is 5.65. The number of amides is 1. The molecular formula is C24H31Cl2NO3. The minimum atomic E-state index is -0.433. The van der Waals surface area contributed by atoms with Crippen molar-refractivity contribution in [1.82, 2.24) is 0 Å². The summed E-state index contributed by atoms with van der Waals surface area (Å²) >= 11 is 12.2. The Hall–Kier alpha value is -1.59.